The fourth-order valence-electron chi connectivity index (χ4n) is 2.77. The van der Waals surface area contributed by atoms with Crippen LogP contribution >= 0.6 is 0 Å². The molecular formula is C15H20F3N3O3S. The van der Waals surface area contributed by atoms with Gasteiger partial charge in [-0.3, -0.25) is 4.79 Å². The second-order valence-corrected chi connectivity index (χ2v) is 7.71. The summed E-state index contributed by atoms with van der Waals surface area (Å²) in [6.07, 6.45) is -3.52. The largest absolute Gasteiger partial charge is 0.416 e. The molecule has 1 amide bonds. The maximum Gasteiger partial charge on any atom is 0.416 e. The van der Waals surface area contributed by atoms with E-state index in [4.69, 9.17) is 0 Å². The highest BCUT2D eigenvalue weighted by atomic mass is 32.2. The lowest BCUT2D eigenvalue weighted by molar-refractivity contribution is -0.137. The number of carbonyl (C=O) groups is 1. The first-order valence-corrected chi connectivity index (χ1v) is 9.13. The zero-order valence-corrected chi connectivity index (χ0v) is 14.7. The molecule has 1 aliphatic heterocycles. The summed E-state index contributed by atoms with van der Waals surface area (Å²) in [5, 5.41) is 0. The molecular weight excluding hydrogens is 359 g/mol. The normalized spacial score (nSPS) is 17.5. The van der Waals surface area contributed by atoms with Gasteiger partial charge in [-0.2, -0.15) is 25.9 Å². The topological polar surface area (TPSA) is 69.7 Å². The Morgan fingerprint density at radius 2 is 1.72 bits per heavy atom. The first-order valence-electron chi connectivity index (χ1n) is 7.69. The molecule has 1 fully saturated rings. The summed E-state index contributed by atoms with van der Waals surface area (Å²) in [4.78, 5) is 13.9. The third-order valence-electron chi connectivity index (χ3n) is 4.35. The Bertz CT molecular complexity index is 712. The first-order chi connectivity index (χ1) is 11.6. The SMILES string of the molecule is CNS(=O)(=O)N1CCC(N(C)C(=O)c2ccc(C(F)(F)F)cc2)CC1. The number of piperidine rings is 1. The van der Waals surface area contributed by atoms with Crippen molar-refractivity contribution < 1.29 is 26.4 Å². The molecule has 1 aliphatic rings. The molecule has 6 nitrogen and oxygen atoms in total. The van der Waals surface area contributed by atoms with Gasteiger partial charge in [0.2, 0.25) is 0 Å². The Kier molecular flexibility index (Phi) is 5.75. The molecule has 0 atom stereocenters. The van der Waals surface area contributed by atoms with E-state index in [0.717, 1.165) is 24.3 Å². The zero-order chi connectivity index (χ0) is 18.8. The van der Waals surface area contributed by atoms with Crippen LogP contribution in [0, 0.1) is 0 Å². The molecule has 1 saturated heterocycles. The summed E-state index contributed by atoms with van der Waals surface area (Å²) in [5.74, 6) is -0.386. The number of hydrogen-bond donors (Lipinski definition) is 1. The molecule has 10 heteroatoms. The van der Waals surface area contributed by atoms with Crippen LogP contribution in [-0.4, -0.2) is 56.8 Å². The molecule has 0 spiro atoms. The monoisotopic (exact) mass is 379 g/mol. The van der Waals surface area contributed by atoms with Gasteiger partial charge in [-0.15, -0.1) is 0 Å². The summed E-state index contributed by atoms with van der Waals surface area (Å²) < 4.78 is 64.8. The van der Waals surface area contributed by atoms with Crippen molar-refractivity contribution in [2.45, 2.75) is 25.1 Å². The van der Waals surface area contributed by atoms with E-state index in [1.165, 1.54) is 16.3 Å². The smallest absolute Gasteiger partial charge is 0.339 e. The van der Waals surface area contributed by atoms with E-state index < -0.39 is 21.9 Å². The van der Waals surface area contributed by atoms with Gasteiger partial charge in [-0.05, 0) is 37.1 Å². The summed E-state index contributed by atoms with van der Waals surface area (Å²) in [6, 6.07) is 3.90. The Balaban J connectivity index is 2.01. The van der Waals surface area contributed by atoms with Gasteiger partial charge >= 0.3 is 6.18 Å². The number of rotatable bonds is 4. The second kappa shape index (κ2) is 7.30. The lowest BCUT2D eigenvalue weighted by atomic mass is 10.0. The molecule has 0 unspecified atom stereocenters. The van der Waals surface area contributed by atoms with Gasteiger partial charge in [0.05, 0.1) is 5.56 Å². The maximum atomic E-state index is 12.6. The number of carbonyl (C=O) groups excluding carboxylic acids is 1. The van der Waals surface area contributed by atoms with Gasteiger partial charge in [0.15, 0.2) is 0 Å². The average Bonchev–Trinajstić information content (AvgIpc) is 2.60. The molecule has 0 bridgehead atoms. The quantitative estimate of drug-likeness (QED) is 0.866. The van der Waals surface area contributed by atoms with Crippen LogP contribution in [0.25, 0.3) is 0 Å². The van der Waals surface area contributed by atoms with Crippen molar-refractivity contribution in [1.82, 2.24) is 13.9 Å². The first kappa shape index (κ1) is 19.7. The minimum atomic E-state index is -4.45. The highest BCUT2D eigenvalue weighted by Crippen LogP contribution is 2.29. The van der Waals surface area contributed by atoms with Crippen molar-refractivity contribution in [1.29, 1.82) is 0 Å². The Morgan fingerprint density at radius 1 is 1.20 bits per heavy atom. The molecule has 0 saturated carbocycles. The fraction of sp³-hybridized carbons (Fsp3) is 0.533. The van der Waals surface area contributed by atoms with Crippen molar-refractivity contribution in [3.8, 4) is 0 Å². The van der Waals surface area contributed by atoms with E-state index >= 15 is 0 Å². The molecule has 2 rings (SSSR count). The minimum Gasteiger partial charge on any atom is -0.339 e. The molecule has 1 heterocycles. The Hall–Kier alpha value is -1.65. The van der Waals surface area contributed by atoms with Gasteiger partial charge in [-0.25, -0.2) is 4.72 Å². The van der Waals surface area contributed by atoms with Crippen LogP contribution in [0.4, 0.5) is 13.2 Å². The number of halogens is 3. The third-order valence-corrected chi connectivity index (χ3v) is 5.91. The van der Waals surface area contributed by atoms with Crippen molar-refractivity contribution in [2.75, 3.05) is 27.2 Å². The molecule has 1 N–H and O–H groups in total. The Morgan fingerprint density at radius 3 is 2.16 bits per heavy atom. The highest BCUT2D eigenvalue weighted by Gasteiger charge is 2.32. The Labute approximate surface area is 144 Å². The van der Waals surface area contributed by atoms with Gasteiger partial charge in [0, 0.05) is 38.8 Å². The van der Waals surface area contributed by atoms with Gasteiger partial charge < -0.3 is 4.90 Å². The van der Waals surface area contributed by atoms with E-state index in [1.54, 1.807) is 7.05 Å². The standard InChI is InChI=1S/C15H20F3N3O3S/c1-19-25(23,24)21-9-7-13(8-10-21)20(2)14(22)11-3-5-12(6-4-11)15(16,17)18/h3-6,13,19H,7-10H2,1-2H3. The van der Waals surface area contributed by atoms with Crippen molar-refractivity contribution >= 4 is 16.1 Å². The molecule has 0 aromatic heterocycles. The zero-order valence-electron chi connectivity index (χ0n) is 13.9. The third kappa shape index (κ3) is 4.50. The number of amides is 1. The molecule has 1 aromatic rings. The van der Waals surface area contributed by atoms with Crippen LogP contribution < -0.4 is 4.72 Å². The van der Waals surface area contributed by atoms with Crippen LogP contribution in [0.2, 0.25) is 0 Å². The van der Waals surface area contributed by atoms with E-state index in [0.29, 0.717) is 12.8 Å². The van der Waals surface area contributed by atoms with Crippen molar-refractivity contribution in [3.63, 3.8) is 0 Å². The van der Waals surface area contributed by atoms with Crippen molar-refractivity contribution in [3.05, 3.63) is 35.4 Å². The van der Waals surface area contributed by atoms with E-state index in [9.17, 15) is 26.4 Å². The lowest BCUT2D eigenvalue weighted by Gasteiger charge is -2.36. The number of hydrogen-bond acceptors (Lipinski definition) is 3. The van der Waals surface area contributed by atoms with Crippen molar-refractivity contribution in [2.24, 2.45) is 0 Å². The maximum absolute atomic E-state index is 12.6. The predicted octanol–water partition coefficient (Wildman–Crippen LogP) is 1.71. The van der Waals surface area contributed by atoms with Gasteiger partial charge in [0.25, 0.3) is 16.1 Å². The summed E-state index contributed by atoms with van der Waals surface area (Å²) in [5.41, 5.74) is -0.641. The summed E-state index contributed by atoms with van der Waals surface area (Å²) in [6.45, 7) is 0.553. The number of alkyl halides is 3. The van der Waals surface area contributed by atoms with Gasteiger partial charge in [0.1, 0.15) is 0 Å². The van der Waals surface area contributed by atoms with Crippen LogP contribution in [0.5, 0.6) is 0 Å². The minimum absolute atomic E-state index is 0.167. The predicted molar refractivity (Wildman–Crippen MR) is 86.1 cm³/mol. The average molecular weight is 379 g/mol. The fourth-order valence-corrected chi connectivity index (χ4v) is 3.72. The number of nitrogens with zero attached hydrogens (tertiary/aromatic N) is 2. The van der Waals surface area contributed by atoms with Crippen LogP contribution in [-0.2, 0) is 16.4 Å². The van der Waals surface area contributed by atoms with E-state index in [1.807, 2.05) is 0 Å². The highest BCUT2D eigenvalue weighted by molar-refractivity contribution is 7.87. The molecule has 0 aliphatic carbocycles. The van der Waals surface area contributed by atoms with Gasteiger partial charge in [-0.1, -0.05) is 0 Å². The lowest BCUT2D eigenvalue weighted by Crippen LogP contribution is -2.49. The molecule has 1 aromatic carbocycles. The second-order valence-electron chi connectivity index (χ2n) is 5.83. The molecule has 140 valence electrons. The number of nitrogens with one attached hydrogen (secondary N) is 1. The van der Waals surface area contributed by atoms with E-state index in [-0.39, 0.29) is 30.6 Å². The van der Waals surface area contributed by atoms with Crippen LogP contribution in [0.15, 0.2) is 24.3 Å². The molecule has 0 radical (unpaired) electrons. The van der Waals surface area contributed by atoms with Crippen LogP contribution in [0.3, 0.4) is 0 Å². The summed E-state index contributed by atoms with van der Waals surface area (Å²) in [7, 11) is -0.577. The number of benzene rings is 1. The van der Waals surface area contributed by atoms with E-state index in [2.05, 4.69) is 4.72 Å². The molecule has 25 heavy (non-hydrogen) atoms. The summed E-state index contributed by atoms with van der Waals surface area (Å²) >= 11 is 0. The van der Waals surface area contributed by atoms with Crippen LogP contribution in [0.1, 0.15) is 28.8 Å².